The largest absolute Gasteiger partial charge is 0.508 e. The van der Waals surface area contributed by atoms with Gasteiger partial charge in [0.15, 0.2) is 5.60 Å². The molecular formula is C47H50O10. The van der Waals surface area contributed by atoms with Gasteiger partial charge in [-0.15, -0.1) is 0 Å². The predicted octanol–water partition coefficient (Wildman–Crippen LogP) is 8.65. The summed E-state index contributed by atoms with van der Waals surface area (Å²) in [5, 5.41) is 10.9. The number of rotatable bonds is 17. The molecule has 0 spiro atoms. The van der Waals surface area contributed by atoms with Crippen LogP contribution in [0.4, 0.5) is 4.79 Å². The van der Waals surface area contributed by atoms with E-state index >= 15 is 0 Å². The molecule has 1 heterocycles. The number of aliphatic hydroxyl groups excluding tert-OH is 1. The van der Waals surface area contributed by atoms with Crippen molar-refractivity contribution in [2.24, 2.45) is 0 Å². The van der Waals surface area contributed by atoms with E-state index in [0.717, 1.165) is 78.1 Å². The van der Waals surface area contributed by atoms with Crippen LogP contribution < -0.4 is 14.2 Å². The molecule has 0 amide bonds. The van der Waals surface area contributed by atoms with Gasteiger partial charge in [-0.05, 0) is 79.3 Å². The summed E-state index contributed by atoms with van der Waals surface area (Å²) < 4.78 is 46.8. The van der Waals surface area contributed by atoms with Crippen LogP contribution in [0.25, 0.3) is 28.0 Å². The maximum absolute atomic E-state index is 11.5. The fraction of sp³-hybridized carbons (Fsp3) is 0.340. The zero-order valence-electron chi connectivity index (χ0n) is 33.2. The Bertz CT molecular complexity index is 2180. The topological polar surface area (TPSA) is 111 Å². The average molecular weight is 775 g/mol. The molecule has 1 unspecified atom stereocenters. The summed E-state index contributed by atoms with van der Waals surface area (Å²) in [4.78, 5) is 11.5. The third kappa shape index (κ3) is 7.95. The summed E-state index contributed by atoms with van der Waals surface area (Å²) in [5.41, 5.74) is 7.83. The number of benzene rings is 5. The number of methoxy groups -OCH3 is 2. The second-order valence-corrected chi connectivity index (χ2v) is 14.3. The molecule has 1 atom stereocenters. The Hall–Kier alpha value is -5.39. The highest BCUT2D eigenvalue weighted by molar-refractivity contribution is 6.08. The van der Waals surface area contributed by atoms with Gasteiger partial charge in [-0.2, -0.15) is 0 Å². The van der Waals surface area contributed by atoms with Crippen LogP contribution in [0.15, 0.2) is 91.0 Å². The fourth-order valence-corrected chi connectivity index (χ4v) is 7.81. The Kier molecular flexibility index (Phi) is 12.2. The smallest absolute Gasteiger partial charge is 0.497 e. The van der Waals surface area contributed by atoms with Gasteiger partial charge in [0, 0.05) is 40.7 Å². The van der Waals surface area contributed by atoms with E-state index in [2.05, 4.69) is 93.6 Å². The number of ether oxygens (including phenoxy) is 8. The maximum atomic E-state index is 11.5. The first-order valence-corrected chi connectivity index (χ1v) is 19.3. The molecule has 0 aromatic heterocycles. The lowest BCUT2D eigenvalue weighted by Crippen LogP contribution is -2.35. The van der Waals surface area contributed by atoms with Crippen molar-refractivity contribution in [3.63, 3.8) is 0 Å². The molecule has 5 aromatic carbocycles. The van der Waals surface area contributed by atoms with Crippen LogP contribution in [0.5, 0.6) is 17.2 Å². The first-order valence-electron chi connectivity index (χ1n) is 19.3. The van der Waals surface area contributed by atoms with Crippen LogP contribution in [-0.2, 0) is 34.9 Å². The molecule has 2 aliphatic rings. The van der Waals surface area contributed by atoms with Gasteiger partial charge in [0.2, 0.25) is 0 Å². The Morgan fingerprint density at radius 2 is 1.30 bits per heavy atom. The van der Waals surface area contributed by atoms with E-state index in [0.29, 0.717) is 32.8 Å². The van der Waals surface area contributed by atoms with Crippen molar-refractivity contribution in [2.45, 2.75) is 38.4 Å². The fourth-order valence-electron chi connectivity index (χ4n) is 7.81. The molecule has 7 rings (SSSR count). The Morgan fingerprint density at radius 3 is 1.95 bits per heavy atom. The van der Waals surface area contributed by atoms with Crippen molar-refractivity contribution in [3.8, 4) is 28.4 Å². The molecule has 10 nitrogen and oxygen atoms in total. The van der Waals surface area contributed by atoms with E-state index in [9.17, 15) is 4.79 Å². The Balaban J connectivity index is 1.19. The zero-order chi connectivity index (χ0) is 40.0. The van der Waals surface area contributed by atoms with E-state index in [4.69, 9.17) is 43.0 Å². The predicted molar refractivity (Wildman–Crippen MR) is 218 cm³/mol. The third-order valence-corrected chi connectivity index (χ3v) is 10.6. The normalized spacial score (nSPS) is 16.0. The van der Waals surface area contributed by atoms with Crippen molar-refractivity contribution in [2.75, 3.05) is 67.1 Å². The number of hydrogen-bond donors (Lipinski definition) is 1. The van der Waals surface area contributed by atoms with Gasteiger partial charge in [-0.3, -0.25) is 0 Å². The summed E-state index contributed by atoms with van der Waals surface area (Å²) >= 11 is 0. The van der Waals surface area contributed by atoms with E-state index in [-0.39, 0.29) is 26.4 Å². The molecule has 0 saturated heterocycles. The molecule has 1 N–H and O–H groups in total. The van der Waals surface area contributed by atoms with Crippen molar-refractivity contribution >= 4 is 23.0 Å². The standard InChI is InChI=1S/C47H50O10/c1-31-7-17-37-40(29-31)44-39(19-20-47(57-44,33-9-13-35(50-4)14-10-33)34-11-15-36(51-5)16-12-34)43-42(37)38-18-8-32(2)30-41(38)46(43,3)56-28-26-53-24-23-52-25-27-55-45(49)54-22-6-21-48/h7-20,29-30,48H,6,21-28H2,1-5H3. The van der Waals surface area contributed by atoms with E-state index in [1.807, 2.05) is 24.3 Å². The van der Waals surface area contributed by atoms with Crippen molar-refractivity contribution in [3.05, 3.63) is 130 Å². The maximum Gasteiger partial charge on any atom is 0.508 e. The minimum absolute atomic E-state index is 0.0508. The number of carbonyl (C=O) groups excluding carboxylic acids is 1. The lowest BCUT2D eigenvalue weighted by Gasteiger charge is -2.39. The van der Waals surface area contributed by atoms with E-state index in [1.54, 1.807) is 14.2 Å². The van der Waals surface area contributed by atoms with Gasteiger partial charge >= 0.3 is 6.16 Å². The SMILES string of the molecule is COc1ccc(C2(c3ccc(OC)cc3)C=Cc3c4c(c5ccc(C)cc5c3O2)-c2ccc(C)cc2C4(C)OCCOCCOCCOC(=O)OCCCO)cc1. The minimum Gasteiger partial charge on any atom is -0.497 e. The molecule has 5 aromatic rings. The number of hydrogen-bond acceptors (Lipinski definition) is 10. The van der Waals surface area contributed by atoms with Crippen LogP contribution in [0.1, 0.15) is 52.3 Å². The quantitative estimate of drug-likeness (QED) is 0.0728. The molecule has 298 valence electrons. The summed E-state index contributed by atoms with van der Waals surface area (Å²) in [7, 11) is 3.33. The monoisotopic (exact) mass is 774 g/mol. The number of aryl methyl sites for hydroxylation is 2. The molecule has 10 heteroatoms. The molecule has 1 aliphatic carbocycles. The van der Waals surface area contributed by atoms with Gasteiger partial charge in [-0.25, -0.2) is 4.79 Å². The zero-order valence-corrected chi connectivity index (χ0v) is 33.2. The Morgan fingerprint density at radius 1 is 0.702 bits per heavy atom. The molecule has 0 fully saturated rings. The van der Waals surface area contributed by atoms with Crippen LogP contribution in [0.2, 0.25) is 0 Å². The van der Waals surface area contributed by atoms with Gasteiger partial charge in [-0.1, -0.05) is 71.8 Å². The van der Waals surface area contributed by atoms with Gasteiger partial charge < -0.3 is 43.0 Å². The van der Waals surface area contributed by atoms with Crippen LogP contribution in [0, 0.1) is 13.8 Å². The van der Waals surface area contributed by atoms with E-state index in [1.165, 1.54) is 0 Å². The number of fused-ring (bicyclic) bond motifs is 8. The molecule has 0 radical (unpaired) electrons. The summed E-state index contributed by atoms with van der Waals surface area (Å²) in [6.07, 6.45) is 3.95. The van der Waals surface area contributed by atoms with Crippen LogP contribution >= 0.6 is 0 Å². The Labute approximate surface area is 333 Å². The van der Waals surface area contributed by atoms with Gasteiger partial charge in [0.25, 0.3) is 0 Å². The first-order chi connectivity index (χ1) is 27.7. The highest BCUT2D eigenvalue weighted by atomic mass is 16.7. The van der Waals surface area contributed by atoms with Crippen molar-refractivity contribution < 1.29 is 47.8 Å². The third-order valence-electron chi connectivity index (χ3n) is 10.6. The molecule has 0 saturated carbocycles. The first kappa shape index (κ1) is 39.8. The van der Waals surface area contributed by atoms with Gasteiger partial charge in [0.05, 0.1) is 53.9 Å². The minimum atomic E-state index is -0.957. The van der Waals surface area contributed by atoms with Gasteiger partial charge in [0.1, 0.15) is 29.5 Å². The molecular weight excluding hydrogens is 725 g/mol. The second-order valence-electron chi connectivity index (χ2n) is 14.3. The molecule has 1 aliphatic heterocycles. The average Bonchev–Trinajstić information content (AvgIpc) is 3.48. The highest BCUT2D eigenvalue weighted by Crippen LogP contribution is 2.59. The highest BCUT2D eigenvalue weighted by Gasteiger charge is 2.47. The lowest BCUT2D eigenvalue weighted by atomic mass is 9.80. The summed E-state index contributed by atoms with van der Waals surface area (Å²) in [6, 6.07) is 29.3. The van der Waals surface area contributed by atoms with Crippen molar-refractivity contribution in [1.82, 2.24) is 0 Å². The molecule has 57 heavy (non-hydrogen) atoms. The summed E-state index contributed by atoms with van der Waals surface area (Å²) in [5.74, 6) is 2.32. The van der Waals surface area contributed by atoms with E-state index < -0.39 is 17.4 Å². The second kappa shape index (κ2) is 17.4. The molecule has 0 bridgehead atoms. The summed E-state index contributed by atoms with van der Waals surface area (Å²) in [6.45, 7) is 8.07. The van der Waals surface area contributed by atoms with Crippen LogP contribution in [-0.4, -0.2) is 78.3 Å². The number of carbonyl (C=O) groups is 1. The van der Waals surface area contributed by atoms with Crippen LogP contribution in [0.3, 0.4) is 0 Å². The lowest BCUT2D eigenvalue weighted by molar-refractivity contribution is -0.0443. The number of aliphatic hydroxyl groups is 1. The van der Waals surface area contributed by atoms with Crippen molar-refractivity contribution in [1.29, 1.82) is 0 Å².